The van der Waals surface area contributed by atoms with Crippen molar-refractivity contribution in [2.45, 2.75) is 117 Å². The van der Waals surface area contributed by atoms with Crippen LogP contribution in [0.4, 0.5) is 0 Å². The highest BCUT2D eigenvalue weighted by atomic mass is 14.5. The van der Waals surface area contributed by atoms with Crippen molar-refractivity contribution >= 4 is 0 Å². The lowest BCUT2D eigenvalue weighted by Gasteiger charge is -2.45. The summed E-state index contributed by atoms with van der Waals surface area (Å²) < 4.78 is 0. The molecule has 0 spiro atoms. The topological polar surface area (TPSA) is 23.8 Å². The number of fused-ring (bicyclic) bond motifs is 1. The van der Waals surface area contributed by atoms with E-state index < -0.39 is 0 Å². The molecule has 2 saturated carbocycles. The number of hydrogen-bond acceptors (Lipinski definition) is 1. The fourth-order valence-corrected chi connectivity index (χ4v) is 5.51. The van der Waals surface area contributed by atoms with E-state index in [9.17, 15) is 5.26 Å². The van der Waals surface area contributed by atoms with Crippen LogP contribution in [0.3, 0.4) is 0 Å². The third-order valence-corrected chi connectivity index (χ3v) is 7.11. The Labute approximate surface area is 151 Å². The number of hydrogen-bond donors (Lipinski definition) is 0. The SMILES string of the molecule is CCCCCC[C@H]1CCC2C[C@](C#N)(CCCCCC)CC[C@@H]2C1. The van der Waals surface area contributed by atoms with Crippen LogP contribution < -0.4 is 0 Å². The second kappa shape index (κ2) is 10.5. The Bertz CT molecular complexity index is 382. The molecule has 0 aliphatic heterocycles. The second-order valence-electron chi connectivity index (χ2n) is 8.99. The van der Waals surface area contributed by atoms with Crippen LogP contribution in [-0.4, -0.2) is 0 Å². The van der Waals surface area contributed by atoms with Gasteiger partial charge in [-0.2, -0.15) is 5.26 Å². The average Bonchev–Trinajstić information content (AvgIpc) is 2.62. The minimum atomic E-state index is 0.0445. The molecule has 0 aromatic heterocycles. The maximum Gasteiger partial charge on any atom is 0.0689 e. The number of nitrogens with zero attached hydrogens (tertiary/aromatic N) is 1. The van der Waals surface area contributed by atoms with Crippen LogP contribution in [0.5, 0.6) is 0 Å². The van der Waals surface area contributed by atoms with Gasteiger partial charge < -0.3 is 0 Å². The first kappa shape index (κ1) is 19.8. The van der Waals surface area contributed by atoms with Crippen LogP contribution in [0, 0.1) is 34.5 Å². The molecule has 0 bridgehead atoms. The van der Waals surface area contributed by atoms with Crippen molar-refractivity contribution in [2.24, 2.45) is 23.2 Å². The summed E-state index contributed by atoms with van der Waals surface area (Å²) in [6, 6.07) is 2.79. The van der Waals surface area contributed by atoms with Crippen LogP contribution >= 0.6 is 0 Å². The molecule has 0 amide bonds. The number of nitriles is 1. The summed E-state index contributed by atoms with van der Waals surface area (Å²) in [5, 5.41) is 9.86. The molecular weight excluding hydrogens is 290 g/mol. The van der Waals surface area contributed by atoms with Gasteiger partial charge in [0, 0.05) is 0 Å². The van der Waals surface area contributed by atoms with Gasteiger partial charge in [0.05, 0.1) is 11.5 Å². The van der Waals surface area contributed by atoms with Crippen LogP contribution in [0.15, 0.2) is 0 Å². The highest BCUT2D eigenvalue weighted by Gasteiger charge is 2.42. The summed E-state index contributed by atoms with van der Waals surface area (Å²) in [7, 11) is 0. The maximum atomic E-state index is 9.86. The van der Waals surface area contributed by atoms with Gasteiger partial charge in [-0.1, -0.05) is 78.1 Å². The molecule has 4 atom stereocenters. The molecule has 2 rings (SSSR count). The first-order valence-corrected chi connectivity index (χ1v) is 11.1. The van der Waals surface area contributed by atoms with E-state index in [1.807, 2.05) is 0 Å². The third-order valence-electron chi connectivity index (χ3n) is 7.11. The summed E-state index contributed by atoms with van der Waals surface area (Å²) >= 11 is 0. The molecule has 2 fully saturated rings. The standard InChI is InChI=1S/C23H41N/c1-3-5-7-9-11-20-12-13-22-18-23(19-24,15-10-8-6-4-2)16-14-21(22)17-20/h20-22H,3-18H2,1-2H3/t20-,21+,22?,23-/m0/s1. The van der Waals surface area contributed by atoms with E-state index in [0.29, 0.717) is 0 Å². The summed E-state index contributed by atoms with van der Waals surface area (Å²) in [6.45, 7) is 4.57. The van der Waals surface area contributed by atoms with Gasteiger partial charge in [0.2, 0.25) is 0 Å². The Morgan fingerprint density at radius 1 is 0.875 bits per heavy atom. The predicted molar refractivity (Wildman–Crippen MR) is 104 cm³/mol. The molecule has 0 heterocycles. The number of unbranched alkanes of at least 4 members (excludes halogenated alkanes) is 6. The lowest BCUT2D eigenvalue weighted by molar-refractivity contribution is 0.0615. The van der Waals surface area contributed by atoms with E-state index in [0.717, 1.165) is 17.8 Å². The van der Waals surface area contributed by atoms with E-state index in [2.05, 4.69) is 19.9 Å². The highest BCUT2D eigenvalue weighted by Crippen LogP contribution is 2.51. The smallest absolute Gasteiger partial charge is 0.0689 e. The van der Waals surface area contributed by atoms with E-state index in [1.54, 1.807) is 0 Å². The molecule has 138 valence electrons. The predicted octanol–water partition coefficient (Wildman–Crippen LogP) is 7.65. The van der Waals surface area contributed by atoms with Gasteiger partial charge in [0.25, 0.3) is 0 Å². The molecule has 2 aliphatic rings. The van der Waals surface area contributed by atoms with Crippen molar-refractivity contribution < 1.29 is 0 Å². The van der Waals surface area contributed by atoms with Gasteiger partial charge in [-0.15, -0.1) is 0 Å². The first-order chi connectivity index (χ1) is 11.7. The molecule has 1 unspecified atom stereocenters. The normalized spacial score (nSPS) is 33.0. The van der Waals surface area contributed by atoms with Crippen molar-refractivity contribution in [3.05, 3.63) is 0 Å². The van der Waals surface area contributed by atoms with Gasteiger partial charge in [0.15, 0.2) is 0 Å². The van der Waals surface area contributed by atoms with Crippen molar-refractivity contribution in [1.82, 2.24) is 0 Å². The second-order valence-corrected chi connectivity index (χ2v) is 8.99. The Balaban J connectivity index is 1.75. The maximum absolute atomic E-state index is 9.86. The van der Waals surface area contributed by atoms with Crippen molar-refractivity contribution in [1.29, 1.82) is 5.26 Å². The van der Waals surface area contributed by atoms with E-state index in [1.165, 1.54) is 103 Å². The zero-order valence-corrected chi connectivity index (χ0v) is 16.5. The van der Waals surface area contributed by atoms with E-state index in [4.69, 9.17) is 0 Å². The van der Waals surface area contributed by atoms with Gasteiger partial charge in [0.1, 0.15) is 0 Å². The third kappa shape index (κ3) is 5.79. The molecule has 0 aromatic rings. The van der Waals surface area contributed by atoms with Gasteiger partial charge in [-0.3, -0.25) is 0 Å². The van der Waals surface area contributed by atoms with Gasteiger partial charge in [-0.05, 0) is 56.3 Å². The zero-order chi connectivity index (χ0) is 17.3. The van der Waals surface area contributed by atoms with E-state index in [-0.39, 0.29) is 5.41 Å². The Morgan fingerprint density at radius 3 is 2.33 bits per heavy atom. The molecule has 1 heteroatoms. The minimum Gasteiger partial charge on any atom is -0.198 e. The summed E-state index contributed by atoms with van der Waals surface area (Å²) in [5.41, 5.74) is 0.0445. The molecule has 1 nitrogen and oxygen atoms in total. The van der Waals surface area contributed by atoms with Crippen LogP contribution in [0.2, 0.25) is 0 Å². The fourth-order valence-electron chi connectivity index (χ4n) is 5.51. The molecule has 24 heavy (non-hydrogen) atoms. The minimum absolute atomic E-state index is 0.0445. The van der Waals surface area contributed by atoms with Crippen molar-refractivity contribution in [3.8, 4) is 6.07 Å². The monoisotopic (exact) mass is 331 g/mol. The highest BCUT2D eigenvalue weighted by molar-refractivity contribution is 5.04. The molecular formula is C23H41N. The molecule has 0 radical (unpaired) electrons. The quantitative estimate of drug-likeness (QED) is 0.377. The van der Waals surface area contributed by atoms with Gasteiger partial charge in [-0.25, -0.2) is 0 Å². The molecule has 2 aliphatic carbocycles. The first-order valence-electron chi connectivity index (χ1n) is 11.1. The largest absolute Gasteiger partial charge is 0.198 e. The lowest BCUT2D eigenvalue weighted by Crippen LogP contribution is -2.36. The summed E-state index contributed by atoms with van der Waals surface area (Å²) in [6.07, 6.45) is 21.7. The van der Waals surface area contributed by atoms with Crippen LogP contribution in [-0.2, 0) is 0 Å². The Hall–Kier alpha value is -0.510. The molecule has 0 N–H and O–H groups in total. The van der Waals surface area contributed by atoms with E-state index >= 15 is 0 Å². The molecule has 0 aromatic carbocycles. The van der Waals surface area contributed by atoms with Crippen molar-refractivity contribution in [2.75, 3.05) is 0 Å². The fraction of sp³-hybridized carbons (Fsp3) is 0.957. The lowest BCUT2D eigenvalue weighted by atomic mass is 9.58. The van der Waals surface area contributed by atoms with Crippen LogP contribution in [0.1, 0.15) is 117 Å². The van der Waals surface area contributed by atoms with Gasteiger partial charge >= 0.3 is 0 Å². The zero-order valence-electron chi connectivity index (χ0n) is 16.5. The number of rotatable bonds is 10. The summed E-state index contributed by atoms with van der Waals surface area (Å²) in [5.74, 6) is 2.82. The van der Waals surface area contributed by atoms with Crippen molar-refractivity contribution in [3.63, 3.8) is 0 Å². The van der Waals surface area contributed by atoms with Crippen LogP contribution in [0.25, 0.3) is 0 Å². The molecule has 0 saturated heterocycles. The average molecular weight is 332 g/mol. The summed E-state index contributed by atoms with van der Waals surface area (Å²) in [4.78, 5) is 0. The Morgan fingerprint density at radius 2 is 1.62 bits per heavy atom. The Kier molecular flexibility index (Phi) is 8.65.